The molecule has 1 amide bonds. The van der Waals surface area contributed by atoms with Gasteiger partial charge < -0.3 is 20.1 Å². The molecule has 3 heterocycles. The first-order chi connectivity index (χ1) is 15.6. The average Bonchev–Trinajstić information content (AvgIpc) is 2.80. The van der Waals surface area contributed by atoms with Gasteiger partial charge in [-0.25, -0.2) is 4.98 Å². The number of amides is 1. The molecule has 0 bridgehead atoms. The van der Waals surface area contributed by atoms with Crippen molar-refractivity contribution in [1.29, 1.82) is 0 Å². The molecule has 0 saturated carbocycles. The Hall–Kier alpha value is -3.49. The molecule has 1 atom stereocenters. The van der Waals surface area contributed by atoms with Crippen molar-refractivity contribution in [2.75, 3.05) is 44.0 Å². The Morgan fingerprint density at radius 3 is 2.69 bits per heavy atom. The van der Waals surface area contributed by atoms with E-state index in [2.05, 4.69) is 25.5 Å². The molecular formula is C24H27N5O3. The summed E-state index contributed by atoms with van der Waals surface area (Å²) in [6.07, 6.45) is 1.60. The zero-order chi connectivity index (χ0) is 22.3. The number of nitrogens with zero attached hydrogens (tertiary/aromatic N) is 3. The van der Waals surface area contributed by atoms with Gasteiger partial charge in [0.25, 0.3) is 0 Å². The molecule has 3 aromatic rings. The number of aromatic nitrogens is 2. The van der Waals surface area contributed by atoms with Gasteiger partial charge in [-0.15, -0.1) is 0 Å². The summed E-state index contributed by atoms with van der Waals surface area (Å²) in [5, 5.41) is 6.18. The Bertz CT molecular complexity index is 1040. The maximum absolute atomic E-state index is 12.5. The number of morpholine rings is 1. The van der Waals surface area contributed by atoms with Crippen LogP contribution in [0.1, 0.15) is 17.5 Å². The van der Waals surface area contributed by atoms with Crippen molar-refractivity contribution < 1.29 is 14.3 Å². The van der Waals surface area contributed by atoms with E-state index in [0.29, 0.717) is 26.2 Å². The average molecular weight is 434 g/mol. The number of carbonyl (C=O) groups excluding carboxylic acids is 1. The number of hydrogen-bond acceptors (Lipinski definition) is 7. The zero-order valence-corrected chi connectivity index (χ0v) is 18.2. The first kappa shape index (κ1) is 21.7. The lowest BCUT2D eigenvalue weighted by Crippen LogP contribution is -2.42. The Morgan fingerprint density at radius 2 is 1.97 bits per heavy atom. The van der Waals surface area contributed by atoms with Crippen molar-refractivity contribution in [2.45, 2.75) is 13.0 Å². The minimum atomic E-state index is -0.177. The highest BCUT2D eigenvalue weighted by Gasteiger charge is 2.24. The highest BCUT2D eigenvalue weighted by molar-refractivity contribution is 5.92. The van der Waals surface area contributed by atoms with Crippen LogP contribution in [0.4, 0.5) is 17.2 Å². The topological polar surface area (TPSA) is 88.6 Å². The van der Waals surface area contributed by atoms with E-state index in [1.165, 1.54) is 0 Å². The highest BCUT2D eigenvalue weighted by atomic mass is 16.5. The van der Waals surface area contributed by atoms with Crippen molar-refractivity contribution in [3.63, 3.8) is 0 Å². The molecule has 1 saturated heterocycles. The fourth-order valence-electron chi connectivity index (χ4n) is 3.53. The third-order valence-corrected chi connectivity index (χ3v) is 5.17. The molecule has 2 aromatic heterocycles. The predicted octanol–water partition coefficient (Wildman–Crippen LogP) is 3.55. The smallest absolute Gasteiger partial charge is 0.238 e. The lowest BCUT2D eigenvalue weighted by Gasteiger charge is -2.32. The number of carbonyl (C=O) groups is 1. The van der Waals surface area contributed by atoms with Gasteiger partial charge in [-0.05, 0) is 55.5 Å². The van der Waals surface area contributed by atoms with E-state index < -0.39 is 0 Å². The van der Waals surface area contributed by atoms with Crippen LogP contribution in [0.5, 0.6) is 5.75 Å². The molecule has 0 aliphatic carbocycles. The third-order valence-electron chi connectivity index (χ3n) is 5.17. The molecule has 32 heavy (non-hydrogen) atoms. The molecule has 8 heteroatoms. The van der Waals surface area contributed by atoms with Crippen LogP contribution >= 0.6 is 0 Å². The van der Waals surface area contributed by atoms with E-state index in [-0.39, 0.29) is 12.0 Å². The second kappa shape index (κ2) is 10.2. The summed E-state index contributed by atoms with van der Waals surface area (Å²) in [5.74, 6) is 1.47. The van der Waals surface area contributed by atoms with Gasteiger partial charge in [0.15, 0.2) is 0 Å². The minimum absolute atomic E-state index is 0.0611. The van der Waals surface area contributed by atoms with Gasteiger partial charge in [-0.1, -0.05) is 6.07 Å². The van der Waals surface area contributed by atoms with Gasteiger partial charge in [0, 0.05) is 24.5 Å². The number of ether oxygens (including phenoxy) is 2. The largest absolute Gasteiger partial charge is 0.497 e. The first-order valence-electron chi connectivity index (χ1n) is 10.5. The summed E-state index contributed by atoms with van der Waals surface area (Å²) in [5.41, 5.74) is 3.39. The molecule has 8 nitrogen and oxygen atoms in total. The first-order valence-corrected chi connectivity index (χ1v) is 10.5. The van der Waals surface area contributed by atoms with Gasteiger partial charge in [0.1, 0.15) is 17.7 Å². The maximum Gasteiger partial charge on any atom is 0.238 e. The molecule has 0 radical (unpaired) electrons. The van der Waals surface area contributed by atoms with Crippen molar-refractivity contribution >= 4 is 23.1 Å². The lowest BCUT2D eigenvalue weighted by atomic mass is 10.2. The summed E-state index contributed by atoms with van der Waals surface area (Å²) in [6.45, 7) is 4.11. The molecule has 4 rings (SSSR count). The number of methoxy groups -OCH3 is 1. The number of rotatable bonds is 7. The Labute approximate surface area is 187 Å². The van der Waals surface area contributed by atoms with E-state index in [0.717, 1.165) is 34.3 Å². The Balaban J connectivity index is 1.31. The molecule has 1 aliphatic heterocycles. The molecule has 0 spiro atoms. The maximum atomic E-state index is 12.5. The highest BCUT2D eigenvalue weighted by Crippen LogP contribution is 2.23. The summed E-state index contributed by atoms with van der Waals surface area (Å²) < 4.78 is 11.1. The zero-order valence-electron chi connectivity index (χ0n) is 18.2. The summed E-state index contributed by atoms with van der Waals surface area (Å²) in [4.78, 5) is 23.6. The van der Waals surface area contributed by atoms with Gasteiger partial charge >= 0.3 is 0 Å². The molecule has 1 aromatic carbocycles. The standard InChI is InChI=1S/C24H27N5O3/c1-17-4-3-5-23(26-17)27-19-8-11-21(25-14-19)22-15-29(12-13-32-22)16-24(30)28-18-6-9-20(31-2)10-7-18/h3-11,14,22H,12-13,15-16H2,1-2H3,(H,26,27)(H,28,30). The molecule has 1 unspecified atom stereocenters. The fraction of sp³-hybridized carbons (Fsp3) is 0.292. The summed E-state index contributed by atoms with van der Waals surface area (Å²) >= 11 is 0. The van der Waals surface area contributed by atoms with Crippen LogP contribution in [0.25, 0.3) is 0 Å². The van der Waals surface area contributed by atoms with E-state index in [9.17, 15) is 4.79 Å². The number of anilines is 3. The van der Waals surface area contributed by atoms with Crippen LogP contribution in [0.3, 0.4) is 0 Å². The third kappa shape index (κ3) is 5.81. The van der Waals surface area contributed by atoms with E-state index in [4.69, 9.17) is 9.47 Å². The number of hydrogen-bond donors (Lipinski definition) is 2. The van der Waals surface area contributed by atoms with E-state index in [1.54, 1.807) is 13.3 Å². The molecular weight excluding hydrogens is 406 g/mol. The SMILES string of the molecule is COc1ccc(NC(=O)CN2CCOC(c3ccc(Nc4cccc(C)n4)cn3)C2)cc1. The van der Waals surface area contributed by atoms with Crippen LogP contribution < -0.4 is 15.4 Å². The van der Waals surface area contributed by atoms with Crippen LogP contribution in [0.15, 0.2) is 60.8 Å². The van der Waals surface area contributed by atoms with E-state index in [1.807, 2.05) is 61.5 Å². The molecule has 2 N–H and O–H groups in total. The van der Waals surface area contributed by atoms with Crippen LogP contribution in [-0.4, -0.2) is 54.1 Å². The molecule has 1 aliphatic rings. The van der Waals surface area contributed by atoms with Gasteiger partial charge in [0.05, 0.1) is 37.8 Å². The number of benzene rings is 1. The molecule has 1 fully saturated rings. The van der Waals surface area contributed by atoms with Crippen molar-refractivity contribution in [2.24, 2.45) is 0 Å². The van der Waals surface area contributed by atoms with Crippen molar-refractivity contribution in [3.05, 3.63) is 72.2 Å². The second-order valence-electron chi connectivity index (χ2n) is 7.63. The summed E-state index contributed by atoms with van der Waals surface area (Å²) in [7, 11) is 1.61. The van der Waals surface area contributed by atoms with Crippen LogP contribution in [0, 0.1) is 6.92 Å². The van der Waals surface area contributed by atoms with E-state index >= 15 is 0 Å². The number of aryl methyl sites for hydroxylation is 1. The Kier molecular flexibility index (Phi) is 6.94. The van der Waals surface area contributed by atoms with Crippen LogP contribution in [0.2, 0.25) is 0 Å². The lowest BCUT2D eigenvalue weighted by molar-refractivity contribution is -0.119. The van der Waals surface area contributed by atoms with Gasteiger partial charge in [-0.2, -0.15) is 0 Å². The summed E-state index contributed by atoms with van der Waals surface area (Å²) in [6, 6.07) is 17.0. The fourth-order valence-corrected chi connectivity index (χ4v) is 3.53. The molecule has 166 valence electrons. The number of pyridine rings is 2. The van der Waals surface area contributed by atoms with Gasteiger partial charge in [-0.3, -0.25) is 14.7 Å². The quantitative estimate of drug-likeness (QED) is 0.589. The van der Waals surface area contributed by atoms with Gasteiger partial charge in [0.2, 0.25) is 5.91 Å². The monoisotopic (exact) mass is 433 g/mol. The Morgan fingerprint density at radius 1 is 1.16 bits per heavy atom. The van der Waals surface area contributed by atoms with Crippen molar-refractivity contribution in [3.8, 4) is 5.75 Å². The second-order valence-corrected chi connectivity index (χ2v) is 7.63. The van der Waals surface area contributed by atoms with Crippen molar-refractivity contribution in [1.82, 2.24) is 14.9 Å². The normalized spacial score (nSPS) is 16.4. The predicted molar refractivity (Wildman–Crippen MR) is 123 cm³/mol. The minimum Gasteiger partial charge on any atom is -0.497 e. The number of nitrogens with one attached hydrogen (secondary N) is 2. The van der Waals surface area contributed by atoms with Crippen LogP contribution in [-0.2, 0) is 9.53 Å².